The Morgan fingerprint density at radius 3 is 2.38 bits per heavy atom. The van der Waals surface area contributed by atoms with Crippen molar-refractivity contribution in [2.75, 3.05) is 20.2 Å². The van der Waals surface area contributed by atoms with E-state index >= 15 is 0 Å². The van der Waals surface area contributed by atoms with Crippen LogP contribution in [-0.2, 0) is 4.79 Å². The number of carbonyl (C=O) groups is 1. The molecule has 0 aliphatic rings. The third-order valence-electron chi connectivity index (χ3n) is 3.37. The van der Waals surface area contributed by atoms with Gasteiger partial charge >= 0.3 is 0 Å². The summed E-state index contributed by atoms with van der Waals surface area (Å²) in [6.45, 7) is 10.2. The molecular weight excluding hydrogens is 302 g/mol. The molecule has 126 valence electrons. The number of amides is 1. The quantitative estimate of drug-likeness (QED) is 0.431. The van der Waals surface area contributed by atoms with Gasteiger partial charge in [-0.2, -0.15) is 5.26 Å². The number of ether oxygens (including phenoxy) is 1. The van der Waals surface area contributed by atoms with E-state index in [-0.39, 0.29) is 11.6 Å². The Hall–Kier alpha value is -3.00. The van der Waals surface area contributed by atoms with Crippen molar-refractivity contribution in [2.45, 2.75) is 13.0 Å². The lowest BCUT2D eigenvalue weighted by Gasteiger charge is -2.18. The highest BCUT2D eigenvalue weighted by Crippen LogP contribution is 2.17. The predicted molar refractivity (Wildman–Crippen MR) is 95.2 cm³/mol. The molecule has 1 rings (SSSR count). The van der Waals surface area contributed by atoms with Crippen LogP contribution in [0.25, 0.3) is 0 Å². The van der Waals surface area contributed by atoms with Crippen molar-refractivity contribution in [1.82, 2.24) is 10.2 Å². The summed E-state index contributed by atoms with van der Waals surface area (Å²) in [6, 6.07) is 9.12. The maximum absolute atomic E-state index is 12.3. The van der Waals surface area contributed by atoms with Gasteiger partial charge < -0.3 is 15.0 Å². The number of hydrogen-bond donors (Lipinski definition) is 1. The van der Waals surface area contributed by atoms with Crippen molar-refractivity contribution in [1.29, 1.82) is 5.26 Å². The van der Waals surface area contributed by atoms with Crippen LogP contribution in [0.4, 0.5) is 0 Å². The minimum atomic E-state index is -0.418. The van der Waals surface area contributed by atoms with Gasteiger partial charge in [0.2, 0.25) is 0 Å². The average Bonchev–Trinajstić information content (AvgIpc) is 2.59. The number of nitrogens with zero attached hydrogens (tertiary/aromatic N) is 2. The molecule has 0 radical (unpaired) electrons. The number of nitrogens with one attached hydrogen (secondary N) is 1. The Kier molecular flexibility index (Phi) is 7.86. The monoisotopic (exact) mass is 325 g/mol. The highest BCUT2D eigenvalue weighted by atomic mass is 16.5. The van der Waals surface area contributed by atoms with Crippen LogP contribution in [0.1, 0.15) is 18.5 Å². The van der Waals surface area contributed by atoms with E-state index in [0.29, 0.717) is 13.1 Å². The van der Waals surface area contributed by atoms with Crippen molar-refractivity contribution in [3.8, 4) is 11.8 Å². The molecule has 0 aromatic heterocycles. The van der Waals surface area contributed by atoms with E-state index in [1.54, 1.807) is 24.2 Å². The largest absolute Gasteiger partial charge is 0.497 e. The summed E-state index contributed by atoms with van der Waals surface area (Å²) < 4.78 is 5.11. The topological polar surface area (TPSA) is 65.4 Å². The number of rotatable bonds is 9. The summed E-state index contributed by atoms with van der Waals surface area (Å²) in [6.07, 6.45) is 4.93. The van der Waals surface area contributed by atoms with Crippen LogP contribution in [0.3, 0.4) is 0 Å². The fourth-order valence-electron chi connectivity index (χ4n) is 2.08. The maximum atomic E-state index is 12.3. The van der Waals surface area contributed by atoms with Gasteiger partial charge in [0.1, 0.15) is 17.4 Å². The second-order valence-corrected chi connectivity index (χ2v) is 5.15. The van der Waals surface area contributed by atoms with Gasteiger partial charge in [-0.05, 0) is 24.6 Å². The van der Waals surface area contributed by atoms with Crippen molar-refractivity contribution >= 4 is 5.91 Å². The number of nitriles is 1. The Morgan fingerprint density at radius 2 is 1.92 bits per heavy atom. The molecule has 1 N–H and O–H groups in total. The van der Waals surface area contributed by atoms with Crippen molar-refractivity contribution in [3.63, 3.8) is 0 Å². The molecule has 0 fully saturated rings. The lowest BCUT2D eigenvalue weighted by atomic mass is 10.1. The van der Waals surface area contributed by atoms with Crippen LogP contribution in [-0.4, -0.2) is 31.0 Å². The molecule has 5 heteroatoms. The molecule has 1 aromatic carbocycles. The summed E-state index contributed by atoms with van der Waals surface area (Å²) in [5.41, 5.74) is 0.967. The fourth-order valence-corrected chi connectivity index (χ4v) is 2.08. The van der Waals surface area contributed by atoms with Crippen LogP contribution < -0.4 is 10.1 Å². The SMILES string of the molecule is C=CCN(/C=C(/C#N)C(=O)NC(C)c1ccc(OC)cc1)CC=C. The van der Waals surface area contributed by atoms with Gasteiger partial charge in [0.15, 0.2) is 0 Å². The van der Waals surface area contributed by atoms with Crippen molar-refractivity contribution in [3.05, 3.63) is 66.9 Å². The van der Waals surface area contributed by atoms with Gasteiger partial charge in [-0.1, -0.05) is 24.3 Å². The highest BCUT2D eigenvalue weighted by molar-refractivity contribution is 5.97. The number of methoxy groups -OCH3 is 1. The first kappa shape index (κ1) is 19.0. The first-order chi connectivity index (χ1) is 11.5. The molecule has 1 amide bonds. The van der Waals surface area contributed by atoms with Crippen LogP contribution >= 0.6 is 0 Å². The van der Waals surface area contributed by atoms with E-state index in [2.05, 4.69) is 18.5 Å². The van der Waals surface area contributed by atoms with Gasteiger partial charge in [0, 0.05) is 19.3 Å². The van der Waals surface area contributed by atoms with E-state index in [9.17, 15) is 10.1 Å². The molecule has 1 atom stereocenters. The first-order valence-corrected chi connectivity index (χ1v) is 7.58. The zero-order valence-corrected chi connectivity index (χ0v) is 14.2. The fraction of sp³-hybridized carbons (Fsp3) is 0.263. The smallest absolute Gasteiger partial charge is 0.263 e. The Labute approximate surface area is 143 Å². The normalized spacial score (nSPS) is 11.8. The molecule has 5 nitrogen and oxygen atoms in total. The zero-order valence-electron chi connectivity index (χ0n) is 14.2. The molecule has 0 heterocycles. The van der Waals surface area contributed by atoms with Gasteiger partial charge in [-0.3, -0.25) is 4.79 Å². The standard InChI is InChI=1S/C19H23N3O2/c1-5-11-22(12-6-2)14-17(13-20)19(23)21-15(3)16-7-9-18(24-4)10-8-16/h5-10,14-15H,1-2,11-12H2,3-4H3,(H,21,23)/b17-14-. The summed E-state index contributed by atoms with van der Waals surface area (Å²) in [5, 5.41) is 12.1. The first-order valence-electron chi connectivity index (χ1n) is 7.58. The molecule has 0 saturated carbocycles. The molecule has 0 aliphatic carbocycles. The van der Waals surface area contributed by atoms with Crippen LogP contribution in [0.5, 0.6) is 5.75 Å². The summed E-state index contributed by atoms with van der Waals surface area (Å²) in [5.74, 6) is 0.332. The van der Waals surface area contributed by atoms with Gasteiger partial charge in [-0.15, -0.1) is 13.2 Å². The highest BCUT2D eigenvalue weighted by Gasteiger charge is 2.14. The number of hydrogen-bond acceptors (Lipinski definition) is 4. The second-order valence-electron chi connectivity index (χ2n) is 5.15. The van der Waals surface area contributed by atoms with E-state index in [0.717, 1.165) is 11.3 Å². The third kappa shape index (κ3) is 5.65. The van der Waals surface area contributed by atoms with Crippen LogP contribution in [0.15, 0.2) is 61.3 Å². The lowest BCUT2D eigenvalue weighted by molar-refractivity contribution is -0.117. The molecule has 0 saturated heterocycles. The molecular formula is C19H23N3O2. The molecule has 1 aromatic rings. The van der Waals surface area contributed by atoms with Gasteiger partial charge in [0.05, 0.1) is 13.2 Å². The third-order valence-corrected chi connectivity index (χ3v) is 3.37. The lowest BCUT2D eigenvalue weighted by Crippen LogP contribution is -2.29. The van der Waals surface area contributed by atoms with Crippen LogP contribution in [0.2, 0.25) is 0 Å². The van der Waals surface area contributed by atoms with E-state index < -0.39 is 5.91 Å². The van der Waals surface area contributed by atoms with Crippen molar-refractivity contribution in [2.24, 2.45) is 0 Å². The minimum Gasteiger partial charge on any atom is -0.497 e. The molecule has 0 bridgehead atoms. The second kappa shape index (κ2) is 9.90. The van der Waals surface area contributed by atoms with Crippen LogP contribution in [0, 0.1) is 11.3 Å². The number of carbonyl (C=O) groups excluding carboxylic acids is 1. The predicted octanol–water partition coefficient (Wildman–Crippen LogP) is 2.95. The number of benzene rings is 1. The summed E-state index contributed by atoms with van der Waals surface area (Å²) in [4.78, 5) is 14.1. The average molecular weight is 325 g/mol. The maximum Gasteiger partial charge on any atom is 0.263 e. The Bertz CT molecular complexity index is 632. The zero-order chi connectivity index (χ0) is 17.9. The van der Waals surface area contributed by atoms with Gasteiger partial charge in [-0.25, -0.2) is 0 Å². The molecule has 0 aliphatic heterocycles. The Balaban J connectivity index is 2.83. The van der Waals surface area contributed by atoms with E-state index in [4.69, 9.17) is 4.74 Å². The van der Waals surface area contributed by atoms with E-state index in [1.807, 2.05) is 37.3 Å². The van der Waals surface area contributed by atoms with E-state index in [1.165, 1.54) is 6.20 Å². The van der Waals surface area contributed by atoms with Gasteiger partial charge in [0.25, 0.3) is 5.91 Å². The molecule has 0 spiro atoms. The molecule has 1 unspecified atom stereocenters. The minimum absolute atomic E-state index is 0.0408. The Morgan fingerprint density at radius 1 is 1.33 bits per heavy atom. The molecule has 24 heavy (non-hydrogen) atoms. The summed E-state index contributed by atoms with van der Waals surface area (Å²) in [7, 11) is 1.60. The van der Waals surface area contributed by atoms with Crippen molar-refractivity contribution < 1.29 is 9.53 Å². The summed E-state index contributed by atoms with van der Waals surface area (Å²) >= 11 is 0.